The number of hydrogen-bond acceptors (Lipinski definition) is 3. The van der Waals surface area contributed by atoms with Crippen molar-refractivity contribution in [2.24, 2.45) is 5.73 Å². The van der Waals surface area contributed by atoms with E-state index in [0.29, 0.717) is 6.54 Å². The monoisotopic (exact) mass is 211 g/mol. The highest BCUT2D eigenvalue weighted by Crippen LogP contribution is 2.00. The van der Waals surface area contributed by atoms with Crippen molar-refractivity contribution in [3.63, 3.8) is 0 Å². The summed E-state index contributed by atoms with van der Waals surface area (Å²) in [5.74, 6) is 0. The van der Waals surface area contributed by atoms with E-state index < -0.39 is 9.28 Å². The second-order valence-electron chi connectivity index (χ2n) is 3.04. The maximum Gasteiger partial charge on any atom is 0.355 e. The average molecular weight is 211 g/mol. The van der Waals surface area contributed by atoms with Gasteiger partial charge in [0.25, 0.3) is 0 Å². The van der Waals surface area contributed by atoms with Gasteiger partial charge in [-0.2, -0.15) is 0 Å². The van der Waals surface area contributed by atoms with Crippen LogP contribution in [0.3, 0.4) is 0 Å². The highest BCUT2D eigenvalue weighted by molar-refractivity contribution is 6.61. The first-order valence-electron chi connectivity index (χ1n) is 4.67. The van der Waals surface area contributed by atoms with Crippen LogP contribution in [-0.2, 0) is 15.3 Å². The predicted molar refractivity (Wildman–Crippen MR) is 60.0 cm³/mol. The van der Waals surface area contributed by atoms with E-state index in [1.54, 1.807) is 14.2 Å². The Morgan fingerprint density at radius 2 is 1.86 bits per heavy atom. The van der Waals surface area contributed by atoms with Crippen LogP contribution >= 0.6 is 0 Å². The minimum atomic E-state index is -1.68. The third-order valence-electron chi connectivity index (χ3n) is 2.15. The minimum Gasteiger partial charge on any atom is -0.397 e. The number of rotatable bonds is 5. The zero-order valence-corrected chi connectivity index (χ0v) is 9.85. The third-order valence-corrected chi connectivity index (χ3v) is 4.08. The van der Waals surface area contributed by atoms with E-state index in [4.69, 9.17) is 14.6 Å². The van der Waals surface area contributed by atoms with E-state index >= 15 is 0 Å². The fourth-order valence-electron chi connectivity index (χ4n) is 1.50. The van der Waals surface area contributed by atoms with Crippen molar-refractivity contribution >= 4 is 14.5 Å². The molecule has 0 amide bonds. The van der Waals surface area contributed by atoms with Gasteiger partial charge in [-0.3, -0.25) is 0 Å². The summed E-state index contributed by atoms with van der Waals surface area (Å²) in [6.07, 6.45) is 0.881. The molecule has 1 aromatic carbocycles. The molecular weight excluding hydrogens is 194 g/mol. The molecule has 14 heavy (non-hydrogen) atoms. The molecule has 1 aromatic rings. The molecule has 3 nitrogen and oxygen atoms in total. The lowest BCUT2D eigenvalue weighted by molar-refractivity contribution is 0.291. The summed E-state index contributed by atoms with van der Waals surface area (Å²) < 4.78 is 10.7. The Morgan fingerprint density at radius 3 is 2.43 bits per heavy atom. The third kappa shape index (κ3) is 2.65. The van der Waals surface area contributed by atoms with Crippen LogP contribution in [0.25, 0.3) is 0 Å². The highest BCUT2D eigenvalue weighted by atomic mass is 28.3. The van der Waals surface area contributed by atoms with Gasteiger partial charge in [-0.25, -0.2) is 0 Å². The lowest BCUT2D eigenvalue weighted by Crippen LogP contribution is -2.37. The van der Waals surface area contributed by atoms with E-state index in [2.05, 4.69) is 12.1 Å². The summed E-state index contributed by atoms with van der Waals surface area (Å²) in [6, 6.07) is 8.17. The van der Waals surface area contributed by atoms with Gasteiger partial charge in [-0.1, -0.05) is 24.3 Å². The van der Waals surface area contributed by atoms with Crippen LogP contribution < -0.4 is 10.9 Å². The molecule has 0 heterocycles. The fraction of sp³-hybridized carbons (Fsp3) is 0.400. The van der Waals surface area contributed by atoms with Gasteiger partial charge in [0.2, 0.25) is 0 Å². The molecule has 0 aliphatic carbocycles. The van der Waals surface area contributed by atoms with Gasteiger partial charge in [0.15, 0.2) is 0 Å². The summed E-state index contributed by atoms with van der Waals surface area (Å²) in [4.78, 5) is 0. The second kappa shape index (κ2) is 5.92. The molecular formula is C10H17NO2Si. The Balaban J connectivity index is 2.92. The summed E-state index contributed by atoms with van der Waals surface area (Å²) in [6.45, 7) is 0.658. The second-order valence-corrected chi connectivity index (χ2v) is 5.27. The van der Waals surface area contributed by atoms with Crippen molar-refractivity contribution in [1.82, 2.24) is 0 Å². The maximum atomic E-state index is 5.55. The van der Waals surface area contributed by atoms with Crippen molar-refractivity contribution in [3.05, 3.63) is 29.8 Å². The van der Waals surface area contributed by atoms with Crippen LogP contribution in [0.1, 0.15) is 5.56 Å². The maximum absolute atomic E-state index is 5.55. The first-order chi connectivity index (χ1) is 6.83. The standard InChI is InChI=1S/C10H17NO2Si/c1-12-14(13-2)10-6-4-3-5-9(10)7-8-11/h3-6,14H,7-8,11H2,1-2H3. The fourth-order valence-corrected chi connectivity index (χ4v) is 3.01. The molecule has 0 aliphatic heterocycles. The van der Waals surface area contributed by atoms with Gasteiger partial charge in [-0.15, -0.1) is 0 Å². The summed E-state index contributed by atoms with van der Waals surface area (Å²) in [5, 5.41) is 1.20. The van der Waals surface area contributed by atoms with Crippen molar-refractivity contribution in [2.75, 3.05) is 20.8 Å². The van der Waals surface area contributed by atoms with Gasteiger partial charge in [-0.05, 0) is 23.7 Å². The smallest absolute Gasteiger partial charge is 0.355 e. The molecule has 2 N–H and O–H groups in total. The Labute approximate surface area is 86.7 Å². The molecule has 0 fully saturated rings. The van der Waals surface area contributed by atoms with Crippen LogP contribution in [0.15, 0.2) is 24.3 Å². The molecule has 0 aromatic heterocycles. The number of benzene rings is 1. The molecule has 78 valence electrons. The van der Waals surface area contributed by atoms with Gasteiger partial charge in [0.1, 0.15) is 0 Å². The number of nitrogens with two attached hydrogens (primary N) is 1. The van der Waals surface area contributed by atoms with Gasteiger partial charge in [0, 0.05) is 14.2 Å². The quantitative estimate of drug-likeness (QED) is 0.692. The van der Waals surface area contributed by atoms with Crippen LogP contribution in [0.4, 0.5) is 0 Å². The Hall–Kier alpha value is -0.683. The average Bonchev–Trinajstić information content (AvgIpc) is 2.23. The molecule has 4 heteroatoms. The van der Waals surface area contributed by atoms with E-state index in [0.717, 1.165) is 6.42 Å². The van der Waals surface area contributed by atoms with E-state index in [1.165, 1.54) is 10.8 Å². The molecule has 0 bridgehead atoms. The van der Waals surface area contributed by atoms with Crippen LogP contribution in [0, 0.1) is 0 Å². The molecule has 0 spiro atoms. The van der Waals surface area contributed by atoms with Gasteiger partial charge >= 0.3 is 9.28 Å². The zero-order valence-electron chi connectivity index (χ0n) is 8.69. The predicted octanol–water partition coefficient (Wildman–Crippen LogP) is -0.0919. The van der Waals surface area contributed by atoms with Crippen LogP contribution in [0.5, 0.6) is 0 Å². The molecule has 0 aliphatic rings. The first kappa shape index (κ1) is 11.4. The summed E-state index contributed by atoms with van der Waals surface area (Å²) in [5.41, 5.74) is 6.79. The van der Waals surface area contributed by atoms with Crippen molar-refractivity contribution in [2.45, 2.75) is 6.42 Å². The number of hydrogen-bond donors (Lipinski definition) is 1. The van der Waals surface area contributed by atoms with Crippen LogP contribution in [0.2, 0.25) is 0 Å². The summed E-state index contributed by atoms with van der Waals surface area (Å²) >= 11 is 0. The molecule has 0 saturated heterocycles. The highest BCUT2D eigenvalue weighted by Gasteiger charge is 2.16. The normalized spacial score (nSPS) is 10.9. The SMILES string of the molecule is CO[SiH](OC)c1ccccc1CCN. The van der Waals surface area contributed by atoms with E-state index in [9.17, 15) is 0 Å². The van der Waals surface area contributed by atoms with E-state index in [1.807, 2.05) is 12.1 Å². The van der Waals surface area contributed by atoms with Gasteiger partial charge < -0.3 is 14.6 Å². The minimum absolute atomic E-state index is 0.658. The van der Waals surface area contributed by atoms with Crippen molar-refractivity contribution in [3.8, 4) is 0 Å². The van der Waals surface area contributed by atoms with Gasteiger partial charge in [0.05, 0.1) is 0 Å². The summed E-state index contributed by atoms with van der Waals surface area (Å²) in [7, 11) is 1.71. The zero-order chi connectivity index (χ0) is 10.4. The Morgan fingerprint density at radius 1 is 1.21 bits per heavy atom. The molecule has 0 atom stereocenters. The van der Waals surface area contributed by atoms with Crippen LogP contribution in [-0.4, -0.2) is 30.0 Å². The van der Waals surface area contributed by atoms with Crippen molar-refractivity contribution in [1.29, 1.82) is 0 Å². The topological polar surface area (TPSA) is 44.5 Å². The van der Waals surface area contributed by atoms with E-state index in [-0.39, 0.29) is 0 Å². The Kier molecular flexibility index (Phi) is 4.82. The lowest BCUT2D eigenvalue weighted by Gasteiger charge is -2.14. The Bertz CT molecular complexity index is 277. The molecule has 0 unspecified atom stereocenters. The molecule has 0 radical (unpaired) electrons. The lowest BCUT2D eigenvalue weighted by atomic mass is 10.1. The molecule has 0 saturated carbocycles. The van der Waals surface area contributed by atoms with Crippen molar-refractivity contribution < 1.29 is 8.85 Å². The first-order valence-corrected chi connectivity index (χ1v) is 6.19. The molecule has 1 rings (SSSR count). The largest absolute Gasteiger partial charge is 0.397 e.